The second-order valence-corrected chi connectivity index (χ2v) is 8.69. The molecule has 35 heavy (non-hydrogen) atoms. The first-order chi connectivity index (χ1) is 16.7. The van der Waals surface area contributed by atoms with E-state index in [0.29, 0.717) is 47.4 Å². The van der Waals surface area contributed by atoms with Crippen molar-refractivity contribution in [1.82, 2.24) is 19.4 Å². The molecule has 186 valence electrons. The Kier molecular flexibility index (Phi) is 8.67. The molecule has 2 amide bonds. The summed E-state index contributed by atoms with van der Waals surface area (Å²) in [5.41, 5.74) is 18.4. The van der Waals surface area contributed by atoms with Crippen molar-refractivity contribution in [1.29, 1.82) is 0 Å². The van der Waals surface area contributed by atoms with Gasteiger partial charge in [-0.15, -0.1) is 0 Å². The number of urea groups is 1. The van der Waals surface area contributed by atoms with E-state index in [0.717, 1.165) is 12.8 Å². The van der Waals surface area contributed by atoms with Gasteiger partial charge in [0.2, 0.25) is 5.95 Å². The van der Waals surface area contributed by atoms with Crippen LogP contribution in [0, 0.1) is 0 Å². The number of nitrogens with two attached hydrogens (primary N) is 3. The number of aromatic nitrogens is 3. The first kappa shape index (κ1) is 26.0. The summed E-state index contributed by atoms with van der Waals surface area (Å²) in [5.74, 6) is 0.261. The third kappa shape index (κ3) is 6.49. The highest BCUT2D eigenvalue weighted by Crippen LogP contribution is 2.22. The monoisotopic (exact) mass is 518 g/mol. The molecule has 1 aromatic heterocycles. The lowest BCUT2D eigenvalue weighted by molar-refractivity contribution is 0.204. The summed E-state index contributed by atoms with van der Waals surface area (Å²) in [4.78, 5) is 28.3. The van der Waals surface area contributed by atoms with Gasteiger partial charge >= 0.3 is 11.7 Å². The molecule has 0 fully saturated rings. The van der Waals surface area contributed by atoms with Gasteiger partial charge in [-0.2, -0.15) is 4.98 Å². The molecule has 0 radical (unpaired) electrons. The smallest absolute Gasteiger partial charge is 0.366 e. The van der Waals surface area contributed by atoms with E-state index in [1.54, 1.807) is 53.2 Å². The van der Waals surface area contributed by atoms with Gasteiger partial charge in [-0.25, -0.2) is 29.0 Å². The number of hydrogen-bond acceptors (Lipinski definition) is 6. The average Bonchev–Trinajstić information content (AvgIpc) is 3.09. The number of rotatable bonds is 11. The number of amides is 2. The molecule has 0 bridgehead atoms. The number of primary amides is 1. The topological polar surface area (TPSA) is 141 Å². The molecular weight excluding hydrogens is 491 g/mol. The normalized spacial score (nSPS) is 10.8. The Labute approximate surface area is 213 Å². The Bertz CT molecular complexity index is 1220. The van der Waals surface area contributed by atoms with Crippen molar-refractivity contribution in [2.24, 2.45) is 11.5 Å². The van der Waals surface area contributed by atoms with Crippen LogP contribution in [-0.4, -0.2) is 31.9 Å². The molecule has 0 aliphatic rings. The standard InChI is InChI=1S/C23H28Cl2N8O2/c1-16(26)32(19-10-6-17(24)7-11-19)30(22(28)34)14-4-2-3-5-15-31-23(35)29-21(27)33(31)20-12-8-18(25)9-13-20/h6-13H,1-5,14-15,26H2,(H2,28,34)(H2,27,29,35). The number of anilines is 2. The van der Waals surface area contributed by atoms with Crippen molar-refractivity contribution < 1.29 is 4.79 Å². The van der Waals surface area contributed by atoms with E-state index < -0.39 is 11.7 Å². The Hall–Kier alpha value is -3.63. The fourth-order valence-corrected chi connectivity index (χ4v) is 3.94. The number of carbonyl (C=O) groups is 1. The summed E-state index contributed by atoms with van der Waals surface area (Å²) < 4.78 is 3.07. The third-order valence-corrected chi connectivity index (χ3v) is 5.79. The van der Waals surface area contributed by atoms with Crippen LogP contribution in [0.2, 0.25) is 10.0 Å². The summed E-state index contributed by atoms with van der Waals surface area (Å²) in [6, 6.07) is 13.2. The zero-order valence-corrected chi connectivity index (χ0v) is 20.6. The van der Waals surface area contributed by atoms with Crippen molar-refractivity contribution in [3.63, 3.8) is 0 Å². The van der Waals surface area contributed by atoms with Crippen LogP contribution in [0.3, 0.4) is 0 Å². The van der Waals surface area contributed by atoms with Crippen LogP contribution in [0.15, 0.2) is 65.7 Å². The van der Waals surface area contributed by atoms with E-state index >= 15 is 0 Å². The van der Waals surface area contributed by atoms with Crippen molar-refractivity contribution >= 4 is 40.9 Å². The van der Waals surface area contributed by atoms with Crippen molar-refractivity contribution in [3.8, 4) is 5.69 Å². The van der Waals surface area contributed by atoms with Crippen molar-refractivity contribution in [3.05, 3.63) is 81.5 Å². The van der Waals surface area contributed by atoms with Gasteiger partial charge in [0, 0.05) is 23.1 Å². The van der Waals surface area contributed by atoms with E-state index in [1.165, 1.54) is 14.7 Å². The Balaban J connectivity index is 1.58. The Morgan fingerprint density at radius 2 is 1.51 bits per heavy atom. The summed E-state index contributed by atoms with van der Waals surface area (Å²) in [5, 5.41) is 3.94. The summed E-state index contributed by atoms with van der Waals surface area (Å²) in [6.45, 7) is 4.53. The molecule has 0 unspecified atom stereocenters. The van der Waals surface area contributed by atoms with Crippen LogP contribution in [0.4, 0.5) is 16.4 Å². The molecule has 0 atom stereocenters. The molecule has 1 heterocycles. The van der Waals surface area contributed by atoms with Crippen LogP contribution >= 0.6 is 23.2 Å². The minimum Gasteiger partial charge on any atom is -0.384 e. The second-order valence-electron chi connectivity index (χ2n) is 7.82. The summed E-state index contributed by atoms with van der Waals surface area (Å²) >= 11 is 11.9. The van der Waals surface area contributed by atoms with Crippen LogP contribution in [0.1, 0.15) is 25.7 Å². The van der Waals surface area contributed by atoms with Gasteiger partial charge in [0.1, 0.15) is 5.82 Å². The zero-order valence-electron chi connectivity index (χ0n) is 19.1. The van der Waals surface area contributed by atoms with Crippen LogP contribution < -0.4 is 27.9 Å². The highest BCUT2D eigenvalue weighted by atomic mass is 35.5. The lowest BCUT2D eigenvalue weighted by Crippen LogP contribution is -2.50. The maximum absolute atomic E-state index is 12.3. The quantitative estimate of drug-likeness (QED) is 0.261. The van der Waals surface area contributed by atoms with Gasteiger partial charge in [-0.05, 0) is 61.4 Å². The molecule has 2 aromatic carbocycles. The molecule has 12 heteroatoms. The highest BCUT2D eigenvalue weighted by molar-refractivity contribution is 6.30. The van der Waals surface area contributed by atoms with Crippen molar-refractivity contribution in [2.45, 2.75) is 32.2 Å². The minimum atomic E-state index is -0.652. The molecule has 0 spiro atoms. The Morgan fingerprint density at radius 1 is 0.943 bits per heavy atom. The average molecular weight is 519 g/mol. The van der Waals surface area contributed by atoms with E-state index in [2.05, 4.69) is 11.6 Å². The maximum atomic E-state index is 12.3. The Morgan fingerprint density at radius 3 is 2.09 bits per heavy atom. The van der Waals surface area contributed by atoms with Crippen LogP contribution in [0.25, 0.3) is 5.69 Å². The molecular formula is C23H28Cl2N8O2. The SMILES string of the molecule is C=C(N)N(c1ccc(Cl)cc1)N(CCCCCCn1c(=O)nc(N)n1-c1ccc(Cl)cc1)C(N)=O. The number of hydrogen-bond donors (Lipinski definition) is 3. The number of unbranched alkanes of at least 4 members (excludes halogenated alkanes) is 3. The molecule has 6 N–H and O–H groups in total. The highest BCUT2D eigenvalue weighted by Gasteiger charge is 2.21. The molecule has 0 saturated heterocycles. The van der Waals surface area contributed by atoms with E-state index in [4.69, 9.17) is 40.4 Å². The van der Waals surface area contributed by atoms with Gasteiger partial charge in [-0.1, -0.05) is 42.6 Å². The first-order valence-electron chi connectivity index (χ1n) is 11.0. The number of benzene rings is 2. The van der Waals surface area contributed by atoms with Gasteiger partial charge in [-0.3, -0.25) is 0 Å². The first-order valence-corrected chi connectivity index (χ1v) is 11.7. The van der Waals surface area contributed by atoms with E-state index in [1.807, 2.05) is 0 Å². The second kappa shape index (κ2) is 11.7. The fourth-order valence-electron chi connectivity index (χ4n) is 3.69. The number of nitrogens with zero attached hydrogens (tertiary/aromatic N) is 5. The zero-order chi connectivity index (χ0) is 25.5. The predicted molar refractivity (Wildman–Crippen MR) is 139 cm³/mol. The lowest BCUT2D eigenvalue weighted by Gasteiger charge is -2.35. The lowest BCUT2D eigenvalue weighted by atomic mass is 10.2. The minimum absolute atomic E-state index is 0.110. The largest absolute Gasteiger partial charge is 0.384 e. The summed E-state index contributed by atoms with van der Waals surface area (Å²) in [6.07, 6.45) is 2.96. The van der Waals surface area contributed by atoms with E-state index in [-0.39, 0.29) is 11.8 Å². The number of carbonyl (C=O) groups excluding carboxylic acids is 1. The predicted octanol–water partition coefficient (Wildman–Crippen LogP) is 3.72. The van der Waals surface area contributed by atoms with Crippen LogP contribution in [0.5, 0.6) is 0 Å². The molecule has 0 aliphatic carbocycles. The van der Waals surface area contributed by atoms with Gasteiger partial charge in [0.15, 0.2) is 0 Å². The molecule has 10 nitrogen and oxygen atoms in total. The number of nitrogen functional groups attached to an aromatic ring is 1. The maximum Gasteiger partial charge on any atom is 0.366 e. The third-order valence-electron chi connectivity index (χ3n) is 5.29. The van der Waals surface area contributed by atoms with Crippen molar-refractivity contribution in [2.75, 3.05) is 17.3 Å². The van der Waals surface area contributed by atoms with Crippen LogP contribution in [-0.2, 0) is 6.54 Å². The number of hydrazine groups is 1. The van der Waals surface area contributed by atoms with Gasteiger partial charge < -0.3 is 17.2 Å². The van der Waals surface area contributed by atoms with Gasteiger partial charge in [0.05, 0.1) is 11.4 Å². The molecule has 0 aliphatic heterocycles. The summed E-state index contributed by atoms with van der Waals surface area (Å²) in [7, 11) is 0. The molecule has 3 rings (SSSR count). The van der Waals surface area contributed by atoms with Gasteiger partial charge in [0.25, 0.3) is 0 Å². The molecule has 3 aromatic rings. The number of halogens is 2. The molecule has 0 saturated carbocycles. The fraction of sp³-hybridized carbons (Fsp3) is 0.261. The van der Waals surface area contributed by atoms with E-state index in [9.17, 15) is 9.59 Å².